The molecule has 0 radical (unpaired) electrons. The second-order valence-electron chi connectivity index (χ2n) is 4.66. The summed E-state index contributed by atoms with van der Waals surface area (Å²) < 4.78 is 18.4. The van der Waals surface area contributed by atoms with Gasteiger partial charge in [0.25, 0.3) is 0 Å². The van der Waals surface area contributed by atoms with Gasteiger partial charge in [0.1, 0.15) is 11.6 Å². The number of carbonyl (C=O) groups is 2. The van der Waals surface area contributed by atoms with E-state index in [-0.39, 0.29) is 18.1 Å². The third-order valence-corrected chi connectivity index (χ3v) is 3.40. The summed E-state index contributed by atoms with van der Waals surface area (Å²) in [5, 5.41) is 0. The summed E-state index contributed by atoms with van der Waals surface area (Å²) in [6.07, 6.45) is 0.888. The Morgan fingerprint density at radius 2 is 2.05 bits per heavy atom. The maximum Gasteiger partial charge on any atom is 0.227 e. The zero-order chi connectivity index (χ0) is 14.5. The van der Waals surface area contributed by atoms with Gasteiger partial charge in [-0.05, 0) is 18.2 Å². The van der Waals surface area contributed by atoms with Crippen LogP contribution < -0.4 is 4.74 Å². The zero-order valence-corrected chi connectivity index (χ0v) is 11.3. The van der Waals surface area contributed by atoms with Crippen molar-refractivity contribution in [3.63, 3.8) is 0 Å². The lowest BCUT2D eigenvalue weighted by molar-refractivity contribution is -0.134. The predicted molar refractivity (Wildman–Crippen MR) is 70.9 cm³/mol. The summed E-state index contributed by atoms with van der Waals surface area (Å²) in [7, 11) is 1.49. The second-order valence-corrected chi connectivity index (χ2v) is 4.66. The van der Waals surface area contributed by atoms with E-state index in [4.69, 9.17) is 4.74 Å². The van der Waals surface area contributed by atoms with Crippen molar-refractivity contribution in [2.75, 3.05) is 33.3 Å². The molecule has 108 valence electrons. The number of methoxy groups -OCH3 is 1. The van der Waals surface area contributed by atoms with E-state index in [1.165, 1.54) is 25.3 Å². The minimum atomic E-state index is -0.389. The first-order valence-electron chi connectivity index (χ1n) is 6.43. The van der Waals surface area contributed by atoms with Crippen LogP contribution in [0.15, 0.2) is 18.2 Å². The summed E-state index contributed by atoms with van der Waals surface area (Å²) in [5.41, 5.74) is 0.537. The van der Waals surface area contributed by atoms with E-state index in [1.54, 1.807) is 9.80 Å². The van der Waals surface area contributed by atoms with Crippen LogP contribution in [-0.4, -0.2) is 55.4 Å². The Morgan fingerprint density at radius 1 is 1.35 bits per heavy atom. The highest BCUT2D eigenvalue weighted by Crippen LogP contribution is 2.20. The Kier molecular flexibility index (Phi) is 4.55. The molecule has 5 nitrogen and oxygen atoms in total. The fourth-order valence-electron chi connectivity index (χ4n) is 2.24. The fraction of sp³-hybridized carbons (Fsp3) is 0.429. The quantitative estimate of drug-likeness (QED) is 0.762. The van der Waals surface area contributed by atoms with Crippen LogP contribution >= 0.6 is 0 Å². The molecule has 1 fully saturated rings. The van der Waals surface area contributed by atoms with Gasteiger partial charge in [-0.25, -0.2) is 4.39 Å². The van der Waals surface area contributed by atoms with E-state index in [2.05, 4.69) is 0 Å². The van der Waals surface area contributed by atoms with Gasteiger partial charge < -0.3 is 14.5 Å². The molecule has 2 rings (SSSR count). The van der Waals surface area contributed by atoms with Gasteiger partial charge in [-0.2, -0.15) is 0 Å². The van der Waals surface area contributed by atoms with Gasteiger partial charge in [0.05, 0.1) is 13.5 Å². The first-order chi connectivity index (χ1) is 9.63. The Hall–Kier alpha value is -2.11. The van der Waals surface area contributed by atoms with Crippen LogP contribution in [0.1, 0.15) is 5.56 Å². The number of nitrogens with zero attached hydrogens (tertiary/aromatic N) is 2. The van der Waals surface area contributed by atoms with E-state index in [0.29, 0.717) is 37.5 Å². The monoisotopic (exact) mass is 280 g/mol. The lowest BCUT2D eigenvalue weighted by Crippen LogP contribution is -2.48. The normalized spacial score (nSPS) is 15.1. The second kappa shape index (κ2) is 6.36. The largest absolute Gasteiger partial charge is 0.496 e. The molecule has 6 heteroatoms. The van der Waals surface area contributed by atoms with Gasteiger partial charge in [-0.1, -0.05) is 0 Å². The van der Waals surface area contributed by atoms with E-state index < -0.39 is 0 Å². The molecule has 2 amide bonds. The first kappa shape index (κ1) is 14.3. The van der Waals surface area contributed by atoms with Gasteiger partial charge in [0, 0.05) is 31.7 Å². The topological polar surface area (TPSA) is 49.9 Å². The van der Waals surface area contributed by atoms with Crippen molar-refractivity contribution in [3.8, 4) is 5.75 Å². The van der Waals surface area contributed by atoms with E-state index in [0.717, 1.165) is 6.41 Å². The highest BCUT2D eigenvalue weighted by molar-refractivity contribution is 5.79. The molecule has 1 aromatic rings. The molecule has 0 aliphatic carbocycles. The number of rotatable bonds is 4. The van der Waals surface area contributed by atoms with Gasteiger partial charge in [0.2, 0.25) is 12.3 Å². The molecule has 0 saturated carbocycles. The van der Waals surface area contributed by atoms with Gasteiger partial charge in [-0.15, -0.1) is 0 Å². The Morgan fingerprint density at radius 3 is 2.65 bits per heavy atom. The van der Waals surface area contributed by atoms with Gasteiger partial charge in [-0.3, -0.25) is 9.59 Å². The molecule has 0 unspecified atom stereocenters. The Labute approximate surface area is 116 Å². The molecular weight excluding hydrogens is 263 g/mol. The molecule has 1 heterocycles. The van der Waals surface area contributed by atoms with E-state index >= 15 is 0 Å². The molecule has 0 aromatic heterocycles. The number of piperazine rings is 1. The molecule has 1 saturated heterocycles. The highest BCUT2D eigenvalue weighted by atomic mass is 19.1. The summed E-state index contributed by atoms with van der Waals surface area (Å²) in [6, 6.07) is 4.14. The van der Waals surface area contributed by atoms with Crippen LogP contribution in [0.2, 0.25) is 0 Å². The molecule has 0 spiro atoms. The molecule has 1 aliphatic rings. The molecular formula is C14H17FN2O3. The maximum atomic E-state index is 13.2. The molecule has 0 atom stereocenters. The van der Waals surface area contributed by atoms with Crippen molar-refractivity contribution in [2.45, 2.75) is 6.42 Å². The Balaban J connectivity index is 2.01. The summed E-state index contributed by atoms with van der Waals surface area (Å²) >= 11 is 0. The SMILES string of the molecule is COc1ccc(F)cc1CC(=O)N1CCN(C=O)CC1. The summed E-state index contributed by atoms with van der Waals surface area (Å²) in [4.78, 5) is 26.1. The van der Waals surface area contributed by atoms with Crippen LogP contribution in [0, 0.1) is 5.82 Å². The third-order valence-electron chi connectivity index (χ3n) is 3.40. The predicted octanol–water partition coefficient (Wildman–Crippen LogP) is 0.677. The fourth-order valence-corrected chi connectivity index (χ4v) is 2.24. The highest BCUT2D eigenvalue weighted by Gasteiger charge is 2.21. The summed E-state index contributed by atoms with van der Waals surface area (Å²) in [5.74, 6) is 0.0325. The van der Waals surface area contributed by atoms with Crippen LogP contribution in [0.25, 0.3) is 0 Å². The lowest BCUT2D eigenvalue weighted by atomic mass is 10.1. The van der Waals surface area contributed by atoms with Crippen molar-refractivity contribution in [2.24, 2.45) is 0 Å². The van der Waals surface area contributed by atoms with Gasteiger partial charge in [0.15, 0.2) is 0 Å². The number of ether oxygens (including phenoxy) is 1. The number of hydrogen-bond acceptors (Lipinski definition) is 3. The van der Waals surface area contributed by atoms with Crippen LogP contribution in [0.4, 0.5) is 4.39 Å². The number of hydrogen-bond donors (Lipinski definition) is 0. The molecule has 1 aliphatic heterocycles. The lowest BCUT2D eigenvalue weighted by Gasteiger charge is -2.32. The van der Waals surface area contributed by atoms with Crippen LogP contribution in [0.3, 0.4) is 0 Å². The number of carbonyl (C=O) groups excluding carboxylic acids is 2. The molecule has 1 aromatic carbocycles. The van der Waals surface area contributed by atoms with Crippen molar-refractivity contribution in [3.05, 3.63) is 29.6 Å². The number of benzene rings is 1. The van der Waals surface area contributed by atoms with Crippen LogP contribution in [0.5, 0.6) is 5.75 Å². The van der Waals surface area contributed by atoms with E-state index in [9.17, 15) is 14.0 Å². The Bertz CT molecular complexity index is 499. The van der Waals surface area contributed by atoms with E-state index in [1.807, 2.05) is 0 Å². The average Bonchev–Trinajstić information content (AvgIpc) is 2.47. The van der Waals surface area contributed by atoms with Crippen molar-refractivity contribution in [1.82, 2.24) is 9.80 Å². The molecule has 20 heavy (non-hydrogen) atoms. The minimum absolute atomic E-state index is 0.0838. The number of halogens is 1. The first-order valence-corrected chi connectivity index (χ1v) is 6.43. The van der Waals surface area contributed by atoms with Crippen molar-refractivity contribution >= 4 is 12.3 Å². The standard InChI is InChI=1S/C14H17FN2O3/c1-20-13-3-2-12(15)8-11(13)9-14(19)17-6-4-16(10-18)5-7-17/h2-3,8,10H,4-7,9H2,1H3. The maximum absolute atomic E-state index is 13.2. The van der Waals surface area contributed by atoms with Crippen molar-refractivity contribution < 1.29 is 18.7 Å². The average molecular weight is 280 g/mol. The molecule has 0 bridgehead atoms. The molecule has 0 N–H and O–H groups in total. The van der Waals surface area contributed by atoms with Crippen LogP contribution in [-0.2, 0) is 16.0 Å². The smallest absolute Gasteiger partial charge is 0.227 e. The third kappa shape index (κ3) is 3.26. The number of amides is 2. The van der Waals surface area contributed by atoms with Crippen molar-refractivity contribution in [1.29, 1.82) is 0 Å². The summed E-state index contributed by atoms with van der Waals surface area (Å²) in [6.45, 7) is 2.09. The zero-order valence-electron chi connectivity index (χ0n) is 11.3. The minimum Gasteiger partial charge on any atom is -0.496 e. The van der Waals surface area contributed by atoms with Gasteiger partial charge >= 0.3 is 0 Å².